The Kier molecular flexibility index (Phi) is 4.31. The molecule has 2 aliphatic heterocycles. The maximum absolute atomic E-state index is 13.0. The topological polar surface area (TPSA) is 49.9 Å². The van der Waals surface area contributed by atoms with Crippen LogP contribution >= 0.6 is 0 Å². The van der Waals surface area contributed by atoms with Crippen LogP contribution in [0.5, 0.6) is 0 Å². The van der Waals surface area contributed by atoms with Crippen LogP contribution in [0.1, 0.15) is 5.56 Å². The third kappa shape index (κ3) is 2.91. The molecule has 0 N–H and O–H groups in total. The van der Waals surface area contributed by atoms with Gasteiger partial charge < -0.3 is 9.64 Å². The molecule has 0 bridgehead atoms. The molecule has 5 heteroatoms. The predicted molar refractivity (Wildman–Crippen MR) is 100 cm³/mol. The maximum Gasteiger partial charge on any atom is 0.263 e. The van der Waals surface area contributed by atoms with Crippen molar-refractivity contribution < 1.29 is 14.3 Å². The number of ether oxygens (including phenoxy) is 1. The predicted octanol–water partition coefficient (Wildman–Crippen LogP) is 2.70. The zero-order valence-electron chi connectivity index (χ0n) is 14.6. The minimum atomic E-state index is -0.300. The van der Waals surface area contributed by atoms with Crippen molar-refractivity contribution in [2.24, 2.45) is 0 Å². The van der Waals surface area contributed by atoms with Crippen LogP contribution in [0.4, 0.5) is 11.4 Å². The Hall–Kier alpha value is -2.92. The van der Waals surface area contributed by atoms with Gasteiger partial charge in [0, 0.05) is 23.9 Å². The second kappa shape index (κ2) is 6.77. The quantitative estimate of drug-likeness (QED) is 0.801. The molecule has 4 rings (SSSR count). The number of carbonyl (C=O) groups is 2. The van der Waals surface area contributed by atoms with E-state index in [-0.39, 0.29) is 17.9 Å². The number of aryl methyl sites for hydroxylation is 1. The zero-order chi connectivity index (χ0) is 18.1. The van der Waals surface area contributed by atoms with Gasteiger partial charge >= 0.3 is 0 Å². The number of anilines is 2. The summed E-state index contributed by atoms with van der Waals surface area (Å²) in [5.41, 5.74) is 3.29. The summed E-state index contributed by atoms with van der Waals surface area (Å²) in [5.74, 6) is -0.570. The summed E-state index contributed by atoms with van der Waals surface area (Å²) in [6.07, 6.45) is 1.45. The lowest BCUT2D eigenvalue weighted by molar-refractivity contribution is -0.120. The molecule has 5 nitrogen and oxygen atoms in total. The first kappa shape index (κ1) is 16.5. The number of amides is 2. The fraction of sp³-hybridized carbons (Fsp3) is 0.238. The second-order valence-electron chi connectivity index (χ2n) is 6.53. The minimum Gasteiger partial charge on any atom is -0.377 e. The van der Waals surface area contributed by atoms with Crippen LogP contribution in [-0.2, 0) is 14.3 Å². The summed E-state index contributed by atoms with van der Waals surface area (Å²) in [4.78, 5) is 28.9. The summed E-state index contributed by atoms with van der Waals surface area (Å²) in [5, 5.41) is 0. The summed E-state index contributed by atoms with van der Waals surface area (Å²) in [6, 6.07) is 16.9. The van der Waals surface area contributed by atoms with Gasteiger partial charge in [0.1, 0.15) is 0 Å². The number of nitrogens with zero attached hydrogens (tertiary/aromatic N) is 2. The van der Waals surface area contributed by atoms with E-state index in [1.54, 1.807) is 12.1 Å². The number of para-hydroxylation sites is 1. The lowest BCUT2D eigenvalue weighted by atomic mass is 10.0. The molecule has 26 heavy (non-hydrogen) atoms. The first-order valence-electron chi connectivity index (χ1n) is 8.71. The highest BCUT2D eigenvalue weighted by Gasteiger charge is 2.39. The van der Waals surface area contributed by atoms with Crippen LogP contribution in [0.2, 0.25) is 0 Å². The van der Waals surface area contributed by atoms with E-state index in [0.717, 1.165) is 5.69 Å². The Balaban J connectivity index is 1.65. The number of carbonyl (C=O) groups excluding carboxylic acids is 2. The monoisotopic (exact) mass is 348 g/mol. The van der Waals surface area contributed by atoms with Crippen molar-refractivity contribution in [3.63, 3.8) is 0 Å². The lowest BCUT2D eigenvalue weighted by Gasteiger charge is -2.37. The normalized spacial score (nSPS) is 20.5. The Bertz CT molecular complexity index is 859. The van der Waals surface area contributed by atoms with Crippen LogP contribution in [-0.4, -0.2) is 37.6 Å². The number of benzene rings is 2. The fourth-order valence-corrected chi connectivity index (χ4v) is 3.46. The average Bonchev–Trinajstić information content (AvgIpc) is 2.97. The summed E-state index contributed by atoms with van der Waals surface area (Å²) in [7, 11) is 0. The average molecular weight is 348 g/mol. The smallest absolute Gasteiger partial charge is 0.263 e. The molecule has 0 aliphatic carbocycles. The molecule has 2 aromatic rings. The molecule has 0 radical (unpaired) electrons. The zero-order valence-corrected chi connectivity index (χ0v) is 14.6. The van der Waals surface area contributed by atoms with E-state index in [1.807, 2.05) is 49.4 Å². The molecule has 0 aromatic heterocycles. The standard InChI is InChI=1S/C21H20N2O3/c1-15-7-9-16(10-8-15)22-11-12-26-14-19(22)18-13-20(24)23(21(18)25)17-5-3-2-4-6-17/h2-10,13,19H,11-12,14H2,1H3. The molecule has 2 heterocycles. The first-order chi connectivity index (χ1) is 12.6. The van der Waals surface area contributed by atoms with Gasteiger partial charge in [-0.05, 0) is 31.2 Å². The fourth-order valence-electron chi connectivity index (χ4n) is 3.46. The van der Waals surface area contributed by atoms with E-state index >= 15 is 0 Å². The van der Waals surface area contributed by atoms with Crippen molar-refractivity contribution in [2.75, 3.05) is 29.6 Å². The van der Waals surface area contributed by atoms with E-state index in [9.17, 15) is 9.59 Å². The molecule has 2 aromatic carbocycles. The van der Waals surface area contributed by atoms with Crippen LogP contribution < -0.4 is 9.80 Å². The molecule has 2 amide bonds. The third-order valence-electron chi connectivity index (χ3n) is 4.82. The van der Waals surface area contributed by atoms with Crippen LogP contribution in [0.15, 0.2) is 66.2 Å². The number of morpholine rings is 1. The van der Waals surface area contributed by atoms with E-state index in [1.165, 1.54) is 16.5 Å². The van der Waals surface area contributed by atoms with Crippen molar-refractivity contribution in [2.45, 2.75) is 13.0 Å². The molecular weight excluding hydrogens is 328 g/mol. The summed E-state index contributed by atoms with van der Waals surface area (Å²) < 4.78 is 5.63. The van der Waals surface area contributed by atoms with E-state index in [4.69, 9.17) is 4.74 Å². The highest BCUT2D eigenvalue weighted by Crippen LogP contribution is 2.30. The van der Waals surface area contributed by atoms with Crippen molar-refractivity contribution in [3.05, 3.63) is 71.8 Å². The SMILES string of the molecule is Cc1ccc(N2CCOCC2C2=CC(=O)N(c3ccccc3)C2=O)cc1. The van der Waals surface area contributed by atoms with Gasteiger partial charge in [0.2, 0.25) is 0 Å². The number of hydrogen-bond donors (Lipinski definition) is 0. The van der Waals surface area contributed by atoms with Crippen LogP contribution in [0.25, 0.3) is 0 Å². The number of rotatable bonds is 3. The third-order valence-corrected chi connectivity index (χ3v) is 4.82. The van der Waals surface area contributed by atoms with Crippen molar-refractivity contribution in [3.8, 4) is 0 Å². The Labute approximate surface area is 152 Å². The Morgan fingerprint density at radius 2 is 1.69 bits per heavy atom. The molecule has 1 unspecified atom stereocenters. The largest absolute Gasteiger partial charge is 0.377 e. The van der Waals surface area contributed by atoms with Crippen molar-refractivity contribution in [1.29, 1.82) is 0 Å². The number of imide groups is 1. The van der Waals surface area contributed by atoms with Gasteiger partial charge in [-0.3, -0.25) is 9.59 Å². The molecule has 0 saturated carbocycles. The van der Waals surface area contributed by atoms with E-state index in [2.05, 4.69) is 4.90 Å². The van der Waals surface area contributed by atoms with Crippen LogP contribution in [0.3, 0.4) is 0 Å². The van der Waals surface area contributed by atoms with Gasteiger partial charge in [-0.25, -0.2) is 4.90 Å². The molecule has 0 spiro atoms. The highest BCUT2D eigenvalue weighted by atomic mass is 16.5. The molecule has 1 fully saturated rings. The molecule has 2 aliphatic rings. The molecular formula is C21H20N2O3. The van der Waals surface area contributed by atoms with Gasteiger partial charge in [-0.2, -0.15) is 0 Å². The Morgan fingerprint density at radius 3 is 2.42 bits per heavy atom. The lowest BCUT2D eigenvalue weighted by Crippen LogP contribution is -2.48. The Morgan fingerprint density at radius 1 is 0.962 bits per heavy atom. The highest BCUT2D eigenvalue weighted by molar-refractivity contribution is 6.31. The van der Waals surface area contributed by atoms with Crippen molar-refractivity contribution >= 4 is 23.2 Å². The first-order valence-corrected chi connectivity index (χ1v) is 8.71. The van der Waals surface area contributed by atoms with Gasteiger partial charge in [0.25, 0.3) is 11.8 Å². The molecule has 1 atom stereocenters. The second-order valence-corrected chi connectivity index (χ2v) is 6.53. The summed E-state index contributed by atoms with van der Waals surface area (Å²) in [6.45, 7) is 3.71. The summed E-state index contributed by atoms with van der Waals surface area (Å²) >= 11 is 0. The number of hydrogen-bond acceptors (Lipinski definition) is 4. The van der Waals surface area contributed by atoms with Gasteiger partial charge in [0.15, 0.2) is 0 Å². The van der Waals surface area contributed by atoms with Crippen molar-refractivity contribution in [1.82, 2.24) is 0 Å². The van der Waals surface area contributed by atoms with E-state index < -0.39 is 0 Å². The molecule has 132 valence electrons. The van der Waals surface area contributed by atoms with Crippen LogP contribution in [0, 0.1) is 6.92 Å². The van der Waals surface area contributed by atoms with Gasteiger partial charge in [-0.1, -0.05) is 35.9 Å². The minimum absolute atomic E-state index is 0.267. The van der Waals surface area contributed by atoms with E-state index in [0.29, 0.717) is 31.0 Å². The van der Waals surface area contributed by atoms with Gasteiger partial charge in [0.05, 0.1) is 24.9 Å². The molecule has 1 saturated heterocycles. The maximum atomic E-state index is 13.0. The van der Waals surface area contributed by atoms with Gasteiger partial charge in [-0.15, -0.1) is 0 Å².